The van der Waals surface area contributed by atoms with Crippen LogP contribution in [0.2, 0.25) is 0 Å². The molecule has 0 saturated carbocycles. The molecule has 9 heteroatoms. The lowest BCUT2D eigenvalue weighted by molar-refractivity contribution is -0.118. The Kier molecular flexibility index (Phi) is 7.72. The van der Waals surface area contributed by atoms with E-state index in [4.69, 9.17) is 4.74 Å². The van der Waals surface area contributed by atoms with E-state index >= 15 is 0 Å². The van der Waals surface area contributed by atoms with Crippen molar-refractivity contribution in [2.24, 2.45) is 0 Å². The molecule has 0 atom stereocenters. The summed E-state index contributed by atoms with van der Waals surface area (Å²) in [6.07, 6.45) is 0. The van der Waals surface area contributed by atoms with Gasteiger partial charge in [0.05, 0.1) is 4.88 Å². The summed E-state index contributed by atoms with van der Waals surface area (Å²) in [5.74, 6) is -0.849. The summed E-state index contributed by atoms with van der Waals surface area (Å²) < 4.78 is 18.1. The summed E-state index contributed by atoms with van der Waals surface area (Å²) in [7, 11) is 0. The Morgan fingerprint density at radius 3 is 2.19 bits per heavy atom. The lowest BCUT2D eigenvalue weighted by Crippen LogP contribution is -2.34. The number of ether oxygens (including phenoxy) is 1. The number of anilines is 1. The number of nitrogens with one attached hydrogen (secondary N) is 3. The smallest absolute Gasteiger partial charge is 0.262 e. The highest BCUT2D eigenvalue weighted by atomic mass is 32.1. The van der Waals surface area contributed by atoms with Gasteiger partial charge in [-0.2, -0.15) is 0 Å². The molecule has 31 heavy (non-hydrogen) atoms. The first-order chi connectivity index (χ1) is 15.0. The zero-order chi connectivity index (χ0) is 22.1. The second kappa shape index (κ2) is 10.9. The molecule has 3 amide bonds. The van der Waals surface area contributed by atoms with Crippen molar-refractivity contribution in [3.8, 4) is 5.75 Å². The number of halogens is 1. The minimum absolute atomic E-state index is 0.173. The van der Waals surface area contributed by atoms with Crippen LogP contribution in [0, 0.1) is 5.82 Å². The molecule has 1 aromatic heterocycles. The first-order valence-corrected chi connectivity index (χ1v) is 10.3. The predicted molar refractivity (Wildman–Crippen MR) is 116 cm³/mol. The molecule has 7 nitrogen and oxygen atoms in total. The molecule has 2 aromatic carbocycles. The van der Waals surface area contributed by atoms with E-state index in [1.165, 1.54) is 35.6 Å². The summed E-state index contributed by atoms with van der Waals surface area (Å²) in [6, 6.07) is 15.2. The third-order valence-corrected chi connectivity index (χ3v) is 4.92. The van der Waals surface area contributed by atoms with Crippen LogP contribution in [-0.2, 0) is 4.79 Å². The van der Waals surface area contributed by atoms with E-state index in [2.05, 4.69) is 16.0 Å². The maximum atomic E-state index is 12.9. The zero-order valence-electron chi connectivity index (χ0n) is 16.4. The minimum atomic E-state index is -0.386. The van der Waals surface area contributed by atoms with Gasteiger partial charge in [-0.15, -0.1) is 11.3 Å². The highest BCUT2D eigenvalue weighted by molar-refractivity contribution is 7.12. The fraction of sp³-hybridized carbons (Fsp3) is 0.136. The van der Waals surface area contributed by atoms with E-state index in [9.17, 15) is 18.8 Å². The molecule has 0 spiro atoms. The van der Waals surface area contributed by atoms with Crippen LogP contribution in [0.15, 0.2) is 66.0 Å². The Morgan fingerprint density at radius 2 is 1.55 bits per heavy atom. The summed E-state index contributed by atoms with van der Waals surface area (Å²) in [5, 5.41) is 9.92. The maximum Gasteiger partial charge on any atom is 0.262 e. The van der Waals surface area contributed by atoms with Gasteiger partial charge in [0, 0.05) is 24.3 Å². The molecule has 0 unspecified atom stereocenters. The second-order valence-electron chi connectivity index (χ2n) is 6.36. The molecule has 0 aliphatic heterocycles. The van der Waals surface area contributed by atoms with Crippen LogP contribution in [0.3, 0.4) is 0 Å². The second-order valence-corrected chi connectivity index (χ2v) is 7.30. The lowest BCUT2D eigenvalue weighted by Gasteiger charge is -2.09. The van der Waals surface area contributed by atoms with Crippen molar-refractivity contribution in [3.63, 3.8) is 0 Å². The average molecular weight is 441 g/mol. The Bertz CT molecular complexity index is 1020. The molecule has 3 N–H and O–H groups in total. The van der Waals surface area contributed by atoms with E-state index < -0.39 is 0 Å². The molecule has 1 heterocycles. The summed E-state index contributed by atoms with van der Waals surface area (Å²) in [4.78, 5) is 36.6. The number of amides is 3. The van der Waals surface area contributed by atoms with Crippen molar-refractivity contribution in [2.45, 2.75) is 0 Å². The first kappa shape index (κ1) is 22.0. The third-order valence-electron chi connectivity index (χ3n) is 4.06. The van der Waals surface area contributed by atoms with Crippen LogP contribution in [0.1, 0.15) is 20.0 Å². The number of carbonyl (C=O) groups is 3. The summed E-state index contributed by atoms with van der Waals surface area (Å²) in [6.45, 7) is 0.366. The molecule has 0 radical (unpaired) electrons. The predicted octanol–water partition coefficient (Wildman–Crippen LogP) is 3.06. The Labute approximate surface area is 182 Å². The van der Waals surface area contributed by atoms with Gasteiger partial charge < -0.3 is 20.7 Å². The van der Waals surface area contributed by atoms with E-state index in [1.54, 1.807) is 36.4 Å². The van der Waals surface area contributed by atoms with Crippen LogP contribution >= 0.6 is 11.3 Å². The Hall–Kier alpha value is -3.72. The molecule has 3 aromatic rings. The van der Waals surface area contributed by atoms with Gasteiger partial charge in [-0.25, -0.2) is 4.39 Å². The topological polar surface area (TPSA) is 96.5 Å². The number of benzene rings is 2. The molecule has 0 aliphatic rings. The standard InChI is InChI=1S/C22H20FN3O4S/c23-16-5-9-18(10-6-16)30-14-20(27)26-17-7-3-15(4-8-17)21(28)24-11-12-25-22(29)19-2-1-13-31-19/h1-10,13H,11-12,14H2,(H,24,28)(H,25,29)(H,26,27). The van der Waals surface area contributed by atoms with Crippen molar-refractivity contribution < 1.29 is 23.5 Å². The van der Waals surface area contributed by atoms with Gasteiger partial charge in [-0.3, -0.25) is 14.4 Å². The molecule has 160 valence electrons. The Balaban J connectivity index is 1.38. The summed E-state index contributed by atoms with van der Waals surface area (Å²) in [5.41, 5.74) is 0.928. The highest BCUT2D eigenvalue weighted by Crippen LogP contribution is 2.12. The maximum absolute atomic E-state index is 12.9. The molecule has 0 fully saturated rings. The van der Waals surface area contributed by atoms with Crippen LogP contribution in [0.5, 0.6) is 5.75 Å². The number of hydrogen-bond acceptors (Lipinski definition) is 5. The number of rotatable bonds is 9. The average Bonchev–Trinajstić information content (AvgIpc) is 3.32. The van der Waals surface area contributed by atoms with E-state index in [-0.39, 0.29) is 36.7 Å². The van der Waals surface area contributed by atoms with E-state index in [1.807, 2.05) is 5.38 Å². The van der Waals surface area contributed by atoms with Gasteiger partial charge in [0.15, 0.2) is 6.61 Å². The van der Waals surface area contributed by atoms with Crippen LogP contribution < -0.4 is 20.7 Å². The molecule has 0 saturated heterocycles. The molecule has 0 bridgehead atoms. The van der Waals surface area contributed by atoms with Crippen molar-refractivity contribution in [1.82, 2.24) is 10.6 Å². The molecular formula is C22H20FN3O4S. The highest BCUT2D eigenvalue weighted by Gasteiger charge is 2.09. The fourth-order valence-electron chi connectivity index (χ4n) is 2.53. The third kappa shape index (κ3) is 6.93. The van der Waals surface area contributed by atoms with Crippen molar-refractivity contribution in [2.75, 3.05) is 25.0 Å². The first-order valence-electron chi connectivity index (χ1n) is 9.39. The lowest BCUT2D eigenvalue weighted by atomic mass is 10.2. The normalized spacial score (nSPS) is 10.2. The van der Waals surface area contributed by atoms with Gasteiger partial charge in [0.25, 0.3) is 17.7 Å². The van der Waals surface area contributed by atoms with E-state index in [0.717, 1.165) is 0 Å². The van der Waals surface area contributed by atoms with Gasteiger partial charge in [0.1, 0.15) is 11.6 Å². The summed E-state index contributed by atoms with van der Waals surface area (Å²) >= 11 is 1.35. The largest absolute Gasteiger partial charge is 0.484 e. The number of hydrogen-bond donors (Lipinski definition) is 3. The van der Waals surface area contributed by atoms with Crippen molar-refractivity contribution >= 4 is 34.7 Å². The molecule has 3 rings (SSSR count). The molecule has 0 aliphatic carbocycles. The van der Waals surface area contributed by atoms with Gasteiger partial charge >= 0.3 is 0 Å². The molecular weight excluding hydrogens is 421 g/mol. The van der Waals surface area contributed by atoms with Crippen LogP contribution in [0.4, 0.5) is 10.1 Å². The quantitative estimate of drug-likeness (QED) is 0.445. The zero-order valence-corrected chi connectivity index (χ0v) is 17.2. The number of thiophene rings is 1. The SMILES string of the molecule is O=C(COc1ccc(F)cc1)Nc1ccc(C(=O)NCCNC(=O)c2cccs2)cc1. The fourth-order valence-corrected chi connectivity index (χ4v) is 3.17. The van der Waals surface area contributed by atoms with Crippen LogP contribution in [0.25, 0.3) is 0 Å². The minimum Gasteiger partial charge on any atom is -0.484 e. The number of carbonyl (C=O) groups excluding carboxylic acids is 3. The van der Waals surface area contributed by atoms with Gasteiger partial charge in [-0.05, 0) is 60.0 Å². The monoisotopic (exact) mass is 441 g/mol. The van der Waals surface area contributed by atoms with Crippen molar-refractivity contribution in [1.29, 1.82) is 0 Å². The Morgan fingerprint density at radius 1 is 0.871 bits per heavy atom. The van der Waals surface area contributed by atoms with Crippen molar-refractivity contribution in [3.05, 3.63) is 82.3 Å². The van der Waals surface area contributed by atoms with E-state index in [0.29, 0.717) is 28.4 Å². The van der Waals surface area contributed by atoms with Gasteiger partial charge in [0.2, 0.25) is 0 Å². The van der Waals surface area contributed by atoms with Crippen LogP contribution in [-0.4, -0.2) is 37.4 Å². The van der Waals surface area contributed by atoms with Gasteiger partial charge in [-0.1, -0.05) is 6.07 Å².